The van der Waals surface area contributed by atoms with Crippen LogP contribution in [0.25, 0.3) is 0 Å². The summed E-state index contributed by atoms with van der Waals surface area (Å²) in [4.78, 5) is 16.2. The van der Waals surface area contributed by atoms with Gasteiger partial charge in [0, 0.05) is 24.9 Å². The number of ether oxygens (including phenoxy) is 1. The van der Waals surface area contributed by atoms with Crippen molar-refractivity contribution in [1.29, 1.82) is 0 Å². The van der Waals surface area contributed by atoms with Crippen molar-refractivity contribution in [3.05, 3.63) is 59.9 Å². The number of nitrogens with zero attached hydrogens (tertiary/aromatic N) is 3. The van der Waals surface area contributed by atoms with Gasteiger partial charge in [-0.3, -0.25) is 9.78 Å². The molecule has 0 bridgehead atoms. The fourth-order valence-corrected chi connectivity index (χ4v) is 3.17. The Labute approximate surface area is 128 Å². The summed E-state index contributed by atoms with van der Waals surface area (Å²) < 4.78 is 5.88. The number of benzene rings is 1. The van der Waals surface area contributed by atoms with E-state index in [1.54, 1.807) is 17.4 Å². The predicted octanol–water partition coefficient (Wildman–Crippen LogP) is 2.40. The van der Waals surface area contributed by atoms with Crippen molar-refractivity contribution in [2.24, 2.45) is 11.0 Å². The molecule has 1 amide bonds. The molecule has 0 saturated carbocycles. The highest BCUT2D eigenvalue weighted by Crippen LogP contribution is 2.42. The Morgan fingerprint density at radius 2 is 2.14 bits per heavy atom. The number of hydrogen-bond donors (Lipinski definition) is 0. The lowest BCUT2D eigenvalue weighted by Gasteiger charge is -2.29. The summed E-state index contributed by atoms with van der Waals surface area (Å²) in [6.45, 7) is 2.05. The van der Waals surface area contributed by atoms with Crippen molar-refractivity contribution in [2.75, 3.05) is 6.61 Å². The number of amides is 1. The summed E-state index contributed by atoms with van der Waals surface area (Å²) >= 11 is 0. The Kier molecular flexibility index (Phi) is 2.92. The minimum absolute atomic E-state index is 0.0306. The molecule has 0 N–H and O–H groups in total. The number of rotatable bonds is 1. The minimum Gasteiger partial charge on any atom is -0.492 e. The van der Waals surface area contributed by atoms with Crippen LogP contribution >= 0.6 is 0 Å². The van der Waals surface area contributed by atoms with Gasteiger partial charge in [-0.1, -0.05) is 18.2 Å². The van der Waals surface area contributed by atoms with Crippen molar-refractivity contribution in [3.8, 4) is 5.75 Å². The van der Waals surface area contributed by atoms with E-state index in [1.807, 2.05) is 36.4 Å². The molecule has 1 aromatic heterocycles. The second kappa shape index (κ2) is 4.94. The maximum absolute atomic E-state index is 12.0. The zero-order valence-electron chi connectivity index (χ0n) is 12.1. The van der Waals surface area contributed by atoms with Gasteiger partial charge in [-0.2, -0.15) is 5.10 Å². The number of carbonyl (C=O) groups excluding carboxylic acids is 1. The van der Waals surface area contributed by atoms with Crippen LogP contribution in [0, 0.1) is 5.92 Å². The largest absolute Gasteiger partial charge is 0.492 e. The third-order valence-corrected chi connectivity index (χ3v) is 4.14. The zero-order valence-corrected chi connectivity index (χ0v) is 12.1. The van der Waals surface area contributed by atoms with E-state index in [1.165, 1.54) is 6.92 Å². The standard InChI is InChI=1S/C17H15N3O2/c1-11(21)20-17(12-5-4-8-18-9-12)14-10-22-15-7-3-2-6-13(15)16(14)19-20/h2-9,14,17H,10H2,1H3. The molecule has 3 heterocycles. The lowest BCUT2D eigenvalue weighted by atomic mass is 9.86. The van der Waals surface area contributed by atoms with E-state index < -0.39 is 0 Å². The summed E-state index contributed by atoms with van der Waals surface area (Å²) in [5.74, 6) is 0.782. The molecule has 2 aromatic rings. The predicted molar refractivity (Wildman–Crippen MR) is 81.5 cm³/mol. The van der Waals surface area contributed by atoms with Gasteiger partial charge in [0.15, 0.2) is 0 Å². The van der Waals surface area contributed by atoms with Crippen LogP contribution < -0.4 is 4.74 Å². The second-order valence-electron chi connectivity index (χ2n) is 5.49. The van der Waals surface area contributed by atoms with Crippen molar-refractivity contribution in [2.45, 2.75) is 13.0 Å². The highest BCUT2D eigenvalue weighted by Gasteiger charge is 2.44. The molecule has 2 unspecified atom stereocenters. The average Bonchev–Trinajstić information content (AvgIpc) is 2.96. The van der Waals surface area contributed by atoms with Crippen LogP contribution in [-0.4, -0.2) is 28.2 Å². The molecule has 0 spiro atoms. The Hall–Kier alpha value is -2.69. The molecule has 110 valence electrons. The van der Waals surface area contributed by atoms with E-state index in [9.17, 15) is 4.79 Å². The molecular weight excluding hydrogens is 278 g/mol. The van der Waals surface area contributed by atoms with E-state index >= 15 is 0 Å². The molecule has 5 heteroatoms. The zero-order chi connectivity index (χ0) is 15.1. The Morgan fingerprint density at radius 3 is 2.91 bits per heavy atom. The highest BCUT2D eigenvalue weighted by molar-refractivity contribution is 6.07. The molecule has 22 heavy (non-hydrogen) atoms. The Bertz CT molecular complexity index is 758. The molecule has 0 fully saturated rings. The minimum atomic E-state index is -0.158. The summed E-state index contributed by atoms with van der Waals surface area (Å²) in [7, 11) is 0. The summed E-state index contributed by atoms with van der Waals surface area (Å²) in [5, 5.41) is 6.16. The van der Waals surface area contributed by atoms with Gasteiger partial charge in [0.25, 0.3) is 0 Å². The van der Waals surface area contributed by atoms with E-state index in [-0.39, 0.29) is 17.9 Å². The van der Waals surface area contributed by atoms with Gasteiger partial charge >= 0.3 is 0 Å². The van der Waals surface area contributed by atoms with Gasteiger partial charge < -0.3 is 4.74 Å². The molecule has 2 atom stereocenters. The number of carbonyl (C=O) groups is 1. The molecular formula is C17H15N3O2. The maximum atomic E-state index is 12.0. The molecule has 1 aromatic carbocycles. The number of aromatic nitrogens is 1. The van der Waals surface area contributed by atoms with Crippen LogP contribution in [0.2, 0.25) is 0 Å². The molecule has 5 nitrogen and oxygen atoms in total. The average molecular weight is 293 g/mol. The fourth-order valence-electron chi connectivity index (χ4n) is 3.17. The van der Waals surface area contributed by atoms with Crippen LogP contribution in [0.3, 0.4) is 0 Å². The van der Waals surface area contributed by atoms with Crippen LogP contribution in [0.1, 0.15) is 24.1 Å². The van der Waals surface area contributed by atoms with Crippen molar-refractivity contribution in [3.63, 3.8) is 0 Å². The smallest absolute Gasteiger partial charge is 0.240 e. The quantitative estimate of drug-likeness (QED) is 0.811. The normalized spacial score (nSPS) is 22.4. The van der Waals surface area contributed by atoms with Gasteiger partial charge in [0.05, 0.1) is 24.3 Å². The molecule has 0 radical (unpaired) electrons. The van der Waals surface area contributed by atoms with Crippen LogP contribution in [0.15, 0.2) is 53.9 Å². The summed E-state index contributed by atoms with van der Waals surface area (Å²) in [6, 6.07) is 11.5. The van der Waals surface area contributed by atoms with Gasteiger partial charge in [-0.15, -0.1) is 0 Å². The number of hydrogen-bond acceptors (Lipinski definition) is 4. The SMILES string of the molecule is CC(=O)N1N=C2c3ccccc3OCC2C1c1cccnc1. The topological polar surface area (TPSA) is 54.8 Å². The Balaban J connectivity index is 1.82. The first kappa shape index (κ1) is 13.0. The molecule has 0 aliphatic carbocycles. The second-order valence-corrected chi connectivity index (χ2v) is 5.49. The lowest BCUT2D eigenvalue weighted by molar-refractivity contribution is -0.131. The van der Waals surface area contributed by atoms with E-state index in [0.29, 0.717) is 6.61 Å². The Morgan fingerprint density at radius 1 is 1.27 bits per heavy atom. The van der Waals surface area contributed by atoms with E-state index in [4.69, 9.17) is 4.74 Å². The van der Waals surface area contributed by atoms with Gasteiger partial charge in [0.1, 0.15) is 5.75 Å². The van der Waals surface area contributed by atoms with Crippen LogP contribution in [-0.2, 0) is 4.79 Å². The number of para-hydroxylation sites is 1. The number of hydrazone groups is 1. The van der Waals surface area contributed by atoms with Crippen molar-refractivity contribution < 1.29 is 9.53 Å². The molecule has 0 saturated heterocycles. The fraction of sp³-hybridized carbons (Fsp3) is 0.235. The molecule has 2 aliphatic rings. The molecule has 2 aliphatic heterocycles. The maximum Gasteiger partial charge on any atom is 0.240 e. The first-order chi connectivity index (χ1) is 10.8. The third kappa shape index (κ3) is 1.89. The monoisotopic (exact) mass is 293 g/mol. The lowest BCUT2D eigenvalue weighted by Crippen LogP contribution is -2.34. The molecule has 4 rings (SSSR count). The number of fused-ring (bicyclic) bond motifs is 3. The van der Waals surface area contributed by atoms with E-state index in [2.05, 4.69) is 10.1 Å². The van der Waals surface area contributed by atoms with Crippen molar-refractivity contribution in [1.82, 2.24) is 9.99 Å². The first-order valence-corrected chi connectivity index (χ1v) is 7.26. The van der Waals surface area contributed by atoms with Gasteiger partial charge in [-0.25, -0.2) is 5.01 Å². The summed E-state index contributed by atoms with van der Waals surface area (Å²) in [5.41, 5.74) is 2.87. The van der Waals surface area contributed by atoms with Gasteiger partial charge in [-0.05, 0) is 23.8 Å². The highest BCUT2D eigenvalue weighted by atomic mass is 16.5. The number of pyridine rings is 1. The van der Waals surface area contributed by atoms with Crippen LogP contribution in [0.5, 0.6) is 5.75 Å². The summed E-state index contributed by atoms with van der Waals surface area (Å²) in [6.07, 6.45) is 3.52. The first-order valence-electron chi connectivity index (χ1n) is 7.26. The van der Waals surface area contributed by atoms with E-state index in [0.717, 1.165) is 22.6 Å². The van der Waals surface area contributed by atoms with Crippen molar-refractivity contribution >= 4 is 11.6 Å². The third-order valence-electron chi connectivity index (χ3n) is 4.14. The van der Waals surface area contributed by atoms with Gasteiger partial charge in [0.2, 0.25) is 5.91 Å². The van der Waals surface area contributed by atoms with Crippen LogP contribution in [0.4, 0.5) is 0 Å².